The zero-order valence-corrected chi connectivity index (χ0v) is 24.5. The highest BCUT2D eigenvalue weighted by Gasteiger charge is 2.48. The summed E-state index contributed by atoms with van der Waals surface area (Å²) in [6.45, 7) is 2.31. The van der Waals surface area contributed by atoms with Crippen LogP contribution in [0.3, 0.4) is 0 Å². The van der Waals surface area contributed by atoms with Gasteiger partial charge in [0, 0.05) is 0 Å². The van der Waals surface area contributed by atoms with E-state index in [0.717, 1.165) is 25.7 Å². The van der Waals surface area contributed by atoms with Crippen molar-refractivity contribution in [3.05, 3.63) is 24.3 Å². The molecule has 0 radical (unpaired) electrons. The number of hydrogen-bond acceptors (Lipinski definition) is 2. The average molecular weight is 517 g/mol. The van der Waals surface area contributed by atoms with Crippen LogP contribution in [0.25, 0.3) is 0 Å². The fourth-order valence-corrected chi connectivity index (χ4v) is 5.55. The van der Waals surface area contributed by atoms with Crippen molar-refractivity contribution < 1.29 is 23.9 Å². The molecule has 6 heteroatoms. The summed E-state index contributed by atoms with van der Waals surface area (Å²) in [5.41, 5.74) is 0. The highest BCUT2D eigenvalue weighted by atomic mass is 31.2. The Morgan fingerprint density at radius 2 is 0.971 bits per heavy atom. The van der Waals surface area contributed by atoms with Crippen molar-refractivity contribution in [1.29, 1.82) is 0 Å². The molecule has 0 fully saturated rings. The van der Waals surface area contributed by atoms with Gasteiger partial charge in [0.25, 0.3) is 0 Å². The fraction of sp³-hybridized carbons (Fsp3) is 0.862. The van der Waals surface area contributed by atoms with E-state index in [9.17, 15) is 19.5 Å². The van der Waals surface area contributed by atoms with Crippen LogP contribution in [0.5, 0.6) is 0 Å². The molecule has 0 spiro atoms. The minimum absolute atomic E-state index is 0.0560. The van der Waals surface area contributed by atoms with Crippen LogP contribution in [0.4, 0.5) is 0 Å². The molecule has 35 heavy (non-hydrogen) atoms. The Balaban J connectivity index is 3.57. The Bertz CT molecular complexity index is 594. The first-order chi connectivity index (χ1) is 16.5. The summed E-state index contributed by atoms with van der Waals surface area (Å²) in [6, 6.07) is 0. The Morgan fingerprint density at radius 3 is 1.31 bits per heavy atom. The molecular formula is C29H59NO4P+. The van der Waals surface area contributed by atoms with E-state index in [1.165, 1.54) is 83.5 Å². The van der Waals surface area contributed by atoms with Gasteiger partial charge in [-0.05, 0) is 64.2 Å². The van der Waals surface area contributed by atoms with Gasteiger partial charge in [0.05, 0.1) is 21.1 Å². The van der Waals surface area contributed by atoms with Crippen LogP contribution in [0.15, 0.2) is 24.3 Å². The van der Waals surface area contributed by atoms with E-state index in [2.05, 4.69) is 31.2 Å². The average Bonchev–Trinajstić information content (AvgIpc) is 2.75. The third-order valence-electron chi connectivity index (χ3n) is 6.52. The largest absolute Gasteiger partial charge is 0.373 e. The lowest BCUT2D eigenvalue weighted by Gasteiger charge is -2.35. The van der Waals surface area contributed by atoms with Crippen molar-refractivity contribution in [2.45, 2.75) is 134 Å². The molecule has 0 aromatic carbocycles. The van der Waals surface area contributed by atoms with Gasteiger partial charge in [-0.25, -0.2) is 0 Å². The SMILES string of the molecule is CCCCC/C=C\CCCCCCC/C=C\CCCCCCCCC(O)(C[N+](C)(C)C)P(=O)(O)O. The van der Waals surface area contributed by atoms with Gasteiger partial charge in [0.2, 0.25) is 5.34 Å². The van der Waals surface area contributed by atoms with Gasteiger partial charge in [-0.2, -0.15) is 0 Å². The maximum Gasteiger partial charge on any atom is 0.362 e. The van der Waals surface area contributed by atoms with Crippen LogP contribution >= 0.6 is 7.60 Å². The second kappa shape index (κ2) is 20.6. The molecule has 208 valence electrons. The standard InChI is InChI=1S/C29H58NO4P/c1-5-6-7-8-9-10-11-12-13-14-15-16-17-18-19-20-21-22-23-24-25-26-27-29(31,35(32,33)34)28-30(2,3)4/h9-10,18-19,31H,5-8,11-17,20-28H2,1-4H3,(H-,32,33,34)/p+1/b10-9-,19-18-. The molecule has 0 saturated heterocycles. The van der Waals surface area contributed by atoms with E-state index in [1.807, 2.05) is 21.1 Å². The maximum atomic E-state index is 11.8. The first-order valence-corrected chi connectivity index (χ1v) is 16.0. The van der Waals surface area contributed by atoms with Crippen molar-refractivity contribution in [3.63, 3.8) is 0 Å². The summed E-state index contributed by atoms with van der Waals surface area (Å²) in [6.07, 6.45) is 31.3. The topological polar surface area (TPSA) is 77.8 Å². The lowest BCUT2D eigenvalue weighted by atomic mass is 10.0. The summed E-state index contributed by atoms with van der Waals surface area (Å²) in [5.74, 6) is 0. The molecule has 0 aromatic rings. The summed E-state index contributed by atoms with van der Waals surface area (Å²) in [7, 11) is 0.966. The fourth-order valence-electron chi connectivity index (χ4n) is 4.49. The molecule has 3 N–H and O–H groups in total. The molecular weight excluding hydrogens is 457 g/mol. The second-order valence-corrected chi connectivity index (χ2v) is 13.3. The number of rotatable bonds is 24. The maximum absolute atomic E-state index is 11.8. The van der Waals surface area contributed by atoms with Crippen LogP contribution in [0.2, 0.25) is 0 Å². The number of hydrogen-bond donors (Lipinski definition) is 3. The van der Waals surface area contributed by atoms with Crippen molar-refractivity contribution in [2.24, 2.45) is 0 Å². The van der Waals surface area contributed by atoms with E-state index in [-0.39, 0.29) is 13.0 Å². The minimum Gasteiger partial charge on any atom is -0.373 e. The molecule has 0 amide bonds. The molecule has 0 rings (SSSR count). The molecule has 0 aliphatic heterocycles. The third kappa shape index (κ3) is 21.4. The highest BCUT2D eigenvalue weighted by molar-refractivity contribution is 7.53. The van der Waals surface area contributed by atoms with Gasteiger partial charge >= 0.3 is 7.60 Å². The second-order valence-electron chi connectivity index (χ2n) is 11.4. The Morgan fingerprint density at radius 1 is 0.629 bits per heavy atom. The van der Waals surface area contributed by atoms with Crippen LogP contribution in [0, 0.1) is 0 Å². The highest BCUT2D eigenvalue weighted by Crippen LogP contribution is 2.52. The van der Waals surface area contributed by atoms with Crippen molar-refractivity contribution in [3.8, 4) is 0 Å². The molecule has 0 aliphatic carbocycles. The lowest BCUT2D eigenvalue weighted by Crippen LogP contribution is -2.49. The van der Waals surface area contributed by atoms with Gasteiger partial charge < -0.3 is 19.4 Å². The number of likely N-dealkylation sites (N-methyl/N-ethyl adjacent to an activating group) is 1. The summed E-state index contributed by atoms with van der Waals surface area (Å²) >= 11 is 0. The van der Waals surface area contributed by atoms with Gasteiger partial charge in [-0.1, -0.05) is 89.0 Å². The molecule has 0 bridgehead atoms. The number of nitrogens with zero attached hydrogens (tertiary/aromatic N) is 1. The Hall–Kier alpha value is -0.450. The van der Waals surface area contributed by atoms with E-state index in [0.29, 0.717) is 10.9 Å². The smallest absolute Gasteiger partial charge is 0.362 e. The Kier molecular flexibility index (Phi) is 20.3. The molecule has 0 aliphatic rings. The molecule has 1 unspecified atom stereocenters. The monoisotopic (exact) mass is 516 g/mol. The van der Waals surface area contributed by atoms with Crippen LogP contribution < -0.4 is 0 Å². The number of aliphatic hydroxyl groups is 1. The predicted molar refractivity (Wildman–Crippen MR) is 152 cm³/mol. The normalized spacial score (nSPS) is 14.8. The molecule has 5 nitrogen and oxygen atoms in total. The van der Waals surface area contributed by atoms with Crippen LogP contribution in [0.1, 0.15) is 129 Å². The number of allylic oxidation sites excluding steroid dienone is 4. The van der Waals surface area contributed by atoms with Gasteiger partial charge in [-0.3, -0.25) is 4.57 Å². The van der Waals surface area contributed by atoms with Crippen molar-refractivity contribution in [1.82, 2.24) is 0 Å². The molecule has 0 heterocycles. The number of unbranched alkanes of at least 4 members (excludes halogenated alkanes) is 15. The molecule has 0 saturated carbocycles. The zero-order chi connectivity index (χ0) is 26.5. The van der Waals surface area contributed by atoms with E-state index in [4.69, 9.17) is 0 Å². The first-order valence-electron chi connectivity index (χ1n) is 14.4. The van der Waals surface area contributed by atoms with Crippen molar-refractivity contribution in [2.75, 3.05) is 27.7 Å². The predicted octanol–water partition coefficient (Wildman–Crippen LogP) is 8.10. The van der Waals surface area contributed by atoms with Crippen LogP contribution in [-0.4, -0.2) is 52.4 Å². The van der Waals surface area contributed by atoms with Gasteiger partial charge in [-0.15, -0.1) is 0 Å². The van der Waals surface area contributed by atoms with Crippen molar-refractivity contribution >= 4 is 7.60 Å². The Labute approximate surface area is 217 Å². The van der Waals surface area contributed by atoms with Crippen LogP contribution in [-0.2, 0) is 4.57 Å². The molecule has 1 atom stereocenters. The van der Waals surface area contributed by atoms with Gasteiger partial charge in [0.15, 0.2) is 0 Å². The third-order valence-corrected chi connectivity index (χ3v) is 7.97. The summed E-state index contributed by atoms with van der Waals surface area (Å²) in [4.78, 5) is 19.2. The zero-order valence-electron chi connectivity index (χ0n) is 23.6. The van der Waals surface area contributed by atoms with Gasteiger partial charge in [0.1, 0.15) is 6.54 Å². The van der Waals surface area contributed by atoms with E-state index in [1.54, 1.807) is 0 Å². The minimum atomic E-state index is -4.55. The summed E-state index contributed by atoms with van der Waals surface area (Å²) < 4.78 is 12.1. The lowest BCUT2D eigenvalue weighted by molar-refractivity contribution is -0.875. The van der Waals surface area contributed by atoms with E-state index < -0.39 is 12.9 Å². The first kappa shape index (κ1) is 34.6. The summed E-state index contributed by atoms with van der Waals surface area (Å²) in [5, 5.41) is 8.64. The molecule has 0 aromatic heterocycles. The number of quaternary nitrogens is 1. The quantitative estimate of drug-likeness (QED) is 0.0524. The van der Waals surface area contributed by atoms with E-state index >= 15 is 0 Å².